The van der Waals surface area contributed by atoms with E-state index in [1.807, 2.05) is 4.90 Å². The fourth-order valence-corrected chi connectivity index (χ4v) is 1.29. The first kappa shape index (κ1) is 7.23. The normalized spacial score (nSPS) is 26.1. The molecule has 0 bridgehead atoms. The second-order valence-electron chi connectivity index (χ2n) is 2.45. The molecule has 0 aliphatic carbocycles. The van der Waals surface area contributed by atoms with Crippen molar-refractivity contribution < 1.29 is 4.79 Å². The number of likely N-dealkylation sites (tertiary alicyclic amines) is 1. The molecule has 0 saturated carbocycles. The van der Waals surface area contributed by atoms with Crippen LogP contribution in [0.4, 0.5) is 0 Å². The van der Waals surface area contributed by atoms with Gasteiger partial charge in [-0.05, 0) is 19.4 Å². The van der Waals surface area contributed by atoms with Gasteiger partial charge in [0.25, 0.3) is 0 Å². The lowest BCUT2D eigenvalue weighted by Gasteiger charge is -2.14. The molecule has 1 fully saturated rings. The summed E-state index contributed by atoms with van der Waals surface area (Å²) in [6.45, 7) is 1.31. The van der Waals surface area contributed by atoms with Crippen LogP contribution < -0.4 is 0 Å². The third-order valence-corrected chi connectivity index (χ3v) is 1.82. The predicted molar refractivity (Wildman–Crippen MR) is 36.3 cm³/mol. The van der Waals surface area contributed by atoms with Crippen LogP contribution in [-0.4, -0.2) is 30.3 Å². The lowest BCUT2D eigenvalue weighted by molar-refractivity contribution is -0.108. The summed E-state index contributed by atoms with van der Waals surface area (Å²) in [5.74, 6) is 0. The van der Waals surface area contributed by atoms with Crippen LogP contribution in [0.25, 0.3) is 0 Å². The fraction of sp³-hybridized carbons (Fsp3) is 0.714. The molecule has 1 heterocycles. The molecular weight excluding hydrogens is 128 g/mol. The Kier molecular flexibility index (Phi) is 2.41. The molecule has 1 unspecified atom stereocenters. The maximum Gasteiger partial charge on any atom is 0.134 e. The van der Waals surface area contributed by atoms with Gasteiger partial charge in [0.15, 0.2) is 0 Å². The van der Waals surface area contributed by atoms with Gasteiger partial charge in [0.05, 0.1) is 18.7 Å². The van der Waals surface area contributed by atoms with Gasteiger partial charge in [-0.3, -0.25) is 4.90 Å². The molecule has 0 aromatic carbocycles. The van der Waals surface area contributed by atoms with E-state index in [1.165, 1.54) is 0 Å². The minimum Gasteiger partial charge on any atom is -0.302 e. The van der Waals surface area contributed by atoms with Crippen molar-refractivity contribution in [2.45, 2.75) is 18.9 Å². The van der Waals surface area contributed by atoms with Crippen molar-refractivity contribution in [1.29, 1.82) is 5.26 Å². The average Bonchev–Trinajstić information content (AvgIpc) is 2.36. The molecule has 3 nitrogen and oxygen atoms in total. The fourth-order valence-electron chi connectivity index (χ4n) is 1.29. The number of hydrogen-bond donors (Lipinski definition) is 0. The summed E-state index contributed by atoms with van der Waals surface area (Å²) in [5, 5.41) is 8.56. The van der Waals surface area contributed by atoms with Crippen LogP contribution in [0.15, 0.2) is 0 Å². The van der Waals surface area contributed by atoms with Crippen molar-refractivity contribution in [3.63, 3.8) is 0 Å². The van der Waals surface area contributed by atoms with Gasteiger partial charge in [-0.25, -0.2) is 0 Å². The van der Waals surface area contributed by atoms with Crippen LogP contribution in [0, 0.1) is 11.3 Å². The summed E-state index contributed by atoms with van der Waals surface area (Å²) < 4.78 is 0. The van der Waals surface area contributed by atoms with Gasteiger partial charge < -0.3 is 4.79 Å². The summed E-state index contributed by atoms with van der Waals surface area (Å²) in [4.78, 5) is 12.0. The molecule has 1 atom stereocenters. The van der Waals surface area contributed by atoms with Crippen molar-refractivity contribution in [3.05, 3.63) is 0 Å². The maximum atomic E-state index is 10.1. The topological polar surface area (TPSA) is 44.1 Å². The Labute approximate surface area is 60.2 Å². The SMILES string of the molecule is N#CC1CCCN1CC=O. The molecule has 1 aliphatic heterocycles. The number of aldehydes is 1. The Morgan fingerprint density at radius 2 is 2.60 bits per heavy atom. The molecule has 1 rings (SSSR count). The van der Waals surface area contributed by atoms with Crippen molar-refractivity contribution in [3.8, 4) is 6.07 Å². The van der Waals surface area contributed by atoms with Crippen LogP contribution >= 0.6 is 0 Å². The molecule has 0 amide bonds. The molecule has 3 heteroatoms. The highest BCUT2D eigenvalue weighted by molar-refractivity contribution is 5.52. The molecule has 54 valence electrons. The second kappa shape index (κ2) is 3.33. The molecule has 0 aromatic rings. The molecule has 0 N–H and O–H groups in total. The van der Waals surface area contributed by atoms with E-state index < -0.39 is 0 Å². The van der Waals surface area contributed by atoms with Gasteiger partial charge >= 0.3 is 0 Å². The van der Waals surface area contributed by atoms with Gasteiger partial charge in [0.2, 0.25) is 0 Å². The molecule has 0 spiro atoms. The number of nitriles is 1. The van der Waals surface area contributed by atoms with Crippen LogP contribution in [0.3, 0.4) is 0 Å². The van der Waals surface area contributed by atoms with E-state index in [-0.39, 0.29) is 6.04 Å². The molecule has 0 aromatic heterocycles. The second-order valence-corrected chi connectivity index (χ2v) is 2.45. The number of hydrogen-bond acceptors (Lipinski definition) is 3. The first-order valence-corrected chi connectivity index (χ1v) is 3.46. The monoisotopic (exact) mass is 138 g/mol. The summed E-state index contributed by atoms with van der Waals surface area (Å²) in [6, 6.07) is 2.16. The number of carbonyl (C=O) groups is 1. The minimum absolute atomic E-state index is 0.00907. The maximum absolute atomic E-state index is 10.1. The summed E-state index contributed by atoms with van der Waals surface area (Å²) in [5.41, 5.74) is 0. The van der Waals surface area contributed by atoms with E-state index in [9.17, 15) is 4.79 Å². The van der Waals surface area contributed by atoms with E-state index in [0.29, 0.717) is 6.54 Å². The highest BCUT2D eigenvalue weighted by Gasteiger charge is 2.22. The largest absolute Gasteiger partial charge is 0.302 e. The van der Waals surface area contributed by atoms with Crippen molar-refractivity contribution >= 4 is 6.29 Å². The predicted octanol–water partition coefficient (Wildman–Crippen LogP) is 0.173. The summed E-state index contributed by atoms with van der Waals surface area (Å²) >= 11 is 0. The van der Waals surface area contributed by atoms with Gasteiger partial charge in [-0.1, -0.05) is 0 Å². The zero-order valence-corrected chi connectivity index (χ0v) is 5.79. The van der Waals surface area contributed by atoms with Gasteiger partial charge in [-0.15, -0.1) is 0 Å². The summed E-state index contributed by atoms with van der Waals surface area (Å²) in [7, 11) is 0. The zero-order chi connectivity index (χ0) is 7.40. The standard InChI is InChI=1S/C7H10N2O/c8-6-7-2-1-3-9(7)4-5-10/h5,7H,1-4H2. The highest BCUT2D eigenvalue weighted by atomic mass is 16.1. The van der Waals surface area contributed by atoms with E-state index in [2.05, 4.69) is 6.07 Å². The molecule has 1 saturated heterocycles. The minimum atomic E-state index is -0.00907. The number of carbonyl (C=O) groups excluding carboxylic acids is 1. The quantitative estimate of drug-likeness (QED) is 0.511. The highest BCUT2D eigenvalue weighted by Crippen LogP contribution is 2.14. The van der Waals surface area contributed by atoms with E-state index in [0.717, 1.165) is 25.7 Å². The van der Waals surface area contributed by atoms with Crippen molar-refractivity contribution in [2.24, 2.45) is 0 Å². The van der Waals surface area contributed by atoms with Gasteiger partial charge in [-0.2, -0.15) is 5.26 Å². The Balaban J connectivity index is 2.43. The Morgan fingerprint density at radius 1 is 1.80 bits per heavy atom. The number of rotatable bonds is 2. The Hall–Kier alpha value is -0.880. The summed E-state index contributed by atoms with van der Waals surface area (Å²) in [6.07, 6.45) is 2.83. The van der Waals surface area contributed by atoms with Crippen LogP contribution in [-0.2, 0) is 4.79 Å². The molecule has 1 aliphatic rings. The molecule has 0 radical (unpaired) electrons. The number of nitrogens with zero attached hydrogens (tertiary/aromatic N) is 2. The van der Waals surface area contributed by atoms with Crippen LogP contribution in [0.5, 0.6) is 0 Å². The lowest BCUT2D eigenvalue weighted by atomic mass is 10.2. The van der Waals surface area contributed by atoms with E-state index in [4.69, 9.17) is 5.26 Å². The van der Waals surface area contributed by atoms with Crippen molar-refractivity contribution in [1.82, 2.24) is 4.90 Å². The first-order chi connectivity index (χ1) is 4.88. The molecular formula is C7H10N2O. The average molecular weight is 138 g/mol. The third kappa shape index (κ3) is 1.34. The van der Waals surface area contributed by atoms with Crippen LogP contribution in [0.1, 0.15) is 12.8 Å². The lowest BCUT2D eigenvalue weighted by Crippen LogP contribution is -2.29. The van der Waals surface area contributed by atoms with Gasteiger partial charge in [0, 0.05) is 0 Å². The molecule has 10 heavy (non-hydrogen) atoms. The van der Waals surface area contributed by atoms with E-state index in [1.54, 1.807) is 0 Å². The van der Waals surface area contributed by atoms with Crippen LogP contribution in [0.2, 0.25) is 0 Å². The third-order valence-electron chi connectivity index (χ3n) is 1.82. The Morgan fingerprint density at radius 3 is 3.20 bits per heavy atom. The van der Waals surface area contributed by atoms with Gasteiger partial charge in [0.1, 0.15) is 6.29 Å². The van der Waals surface area contributed by atoms with Crippen molar-refractivity contribution in [2.75, 3.05) is 13.1 Å². The zero-order valence-electron chi connectivity index (χ0n) is 5.79. The Bertz CT molecular complexity index is 161. The smallest absolute Gasteiger partial charge is 0.134 e. The van der Waals surface area contributed by atoms with E-state index >= 15 is 0 Å². The first-order valence-electron chi connectivity index (χ1n) is 3.46.